The third-order valence-electron chi connectivity index (χ3n) is 5.63. The first-order valence-electron chi connectivity index (χ1n) is 11.3. The summed E-state index contributed by atoms with van der Waals surface area (Å²) in [4.78, 5) is 18.6. The van der Waals surface area contributed by atoms with Crippen LogP contribution < -0.4 is 29.2 Å². The number of fused-ring (bicyclic) bond motifs is 1. The Morgan fingerprint density at radius 2 is 1.59 bits per heavy atom. The van der Waals surface area contributed by atoms with Gasteiger partial charge in [0.05, 0.1) is 32.5 Å². The van der Waals surface area contributed by atoms with Crippen LogP contribution >= 0.6 is 0 Å². The van der Waals surface area contributed by atoms with Gasteiger partial charge in [0, 0.05) is 42.0 Å². The lowest BCUT2D eigenvalue weighted by atomic mass is 10.2. The molecule has 1 heterocycles. The zero-order valence-corrected chi connectivity index (χ0v) is 20.7. The fourth-order valence-corrected chi connectivity index (χ4v) is 3.78. The Kier molecular flexibility index (Phi) is 7.57. The number of pyridine rings is 1. The molecular formula is C27H25F2N3O5. The molecule has 2 amide bonds. The van der Waals surface area contributed by atoms with Gasteiger partial charge in [-0.3, -0.25) is 9.88 Å². The molecule has 0 aliphatic rings. The van der Waals surface area contributed by atoms with Crippen LogP contribution in [0.5, 0.6) is 28.7 Å². The van der Waals surface area contributed by atoms with Gasteiger partial charge < -0.3 is 24.3 Å². The smallest absolute Gasteiger partial charge is 0.326 e. The number of hydrogen-bond acceptors (Lipinski definition) is 6. The number of rotatable bonds is 8. The monoisotopic (exact) mass is 509 g/mol. The minimum Gasteiger partial charge on any atom is -0.494 e. The average Bonchev–Trinajstić information content (AvgIpc) is 2.91. The summed E-state index contributed by atoms with van der Waals surface area (Å²) in [5, 5.41) is 3.45. The topological polar surface area (TPSA) is 82.2 Å². The molecule has 37 heavy (non-hydrogen) atoms. The molecule has 1 N–H and O–H groups in total. The Balaban J connectivity index is 1.59. The van der Waals surface area contributed by atoms with E-state index in [0.717, 1.165) is 12.1 Å². The molecular weight excluding hydrogens is 484 g/mol. The number of anilines is 2. The average molecular weight is 510 g/mol. The lowest BCUT2D eigenvalue weighted by Gasteiger charge is -2.22. The van der Waals surface area contributed by atoms with Gasteiger partial charge in [0.1, 0.15) is 17.2 Å². The van der Waals surface area contributed by atoms with E-state index in [1.54, 1.807) is 63.7 Å². The van der Waals surface area contributed by atoms with Crippen molar-refractivity contribution in [3.05, 3.63) is 72.4 Å². The fraction of sp³-hybridized carbons (Fsp3) is 0.185. The summed E-state index contributed by atoms with van der Waals surface area (Å²) in [7, 11) is 4.56. The second-order valence-electron chi connectivity index (χ2n) is 7.77. The van der Waals surface area contributed by atoms with Crippen molar-refractivity contribution in [2.24, 2.45) is 0 Å². The number of nitrogens with one attached hydrogen (secondary N) is 1. The number of carbonyl (C=O) groups is 1. The molecule has 192 valence electrons. The SMILES string of the molecule is CCN(C(=O)Nc1ccc(Oc2ccnc3cc(OC)c(OC)cc23)cc1OC)c1ccc(F)c(F)c1. The maximum atomic E-state index is 13.7. The Morgan fingerprint density at radius 1 is 0.865 bits per heavy atom. The van der Waals surface area contributed by atoms with Crippen LogP contribution in [0.15, 0.2) is 60.8 Å². The number of urea groups is 1. The molecule has 0 saturated heterocycles. The van der Waals surface area contributed by atoms with Crippen molar-refractivity contribution in [1.82, 2.24) is 4.98 Å². The second kappa shape index (κ2) is 11.0. The third kappa shape index (κ3) is 5.32. The van der Waals surface area contributed by atoms with Crippen molar-refractivity contribution in [2.45, 2.75) is 6.92 Å². The van der Waals surface area contributed by atoms with Crippen molar-refractivity contribution < 1.29 is 32.5 Å². The molecule has 10 heteroatoms. The lowest BCUT2D eigenvalue weighted by molar-refractivity contribution is 0.257. The maximum Gasteiger partial charge on any atom is 0.326 e. The van der Waals surface area contributed by atoms with E-state index < -0.39 is 17.7 Å². The van der Waals surface area contributed by atoms with Gasteiger partial charge in [-0.15, -0.1) is 0 Å². The predicted molar refractivity (Wildman–Crippen MR) is 136 cm³/mol. The number of benzene rings is 3. The van der Waals surface area contributed by atoms with Gasteiger partial charge in [-0.1, -0.05) is 0 Å². The minimum absolute atomic E-state index is 0.217. The van der Waals surface area contributed by atoms with Gasteiger partial charge in [0.2, 0.25) is 0 Å². The molecule has 8 nitrogen and oxygen atoms in total. The number of methoxy groups -OCH3 is 3. The molecule has 0 saturated carbocycles. The van der Waals surface area contributed by atoms with Gasteiger partial charge in [-0.2, -0.15) is 0 Å². The minimum atomic E-state index is -1.04. The number of hydrogen-bond donors (Lipinski definition) is 1. The number of ether oxygens (including phenoxy) is 4. The highest BCUT2D eigenvalue weighted by Gasteiger charge is 2.18. The summed E-state index contributed by atoms with van der Waals surface area (Å²) in [5.41, 5.74) is 1.24. The van der Waals surface area contributed by atoms with E-state index in [-0.39, 0.29) is 12.2 Å². The summed E-state index contributed by atoms with van der Waals surface area (Å²) in [6.45, 7) is 1.95. The molecule has 0 atom stereocenters. The van der Waals surface area contributed by atoms with Crippen LogP contribution in [0.2, 0.25) is 0 Å². The fourth-order valence-electron chi connectivity index (χ4n) is 3.78. The highest BCUT2D eigenvalue weighted by Crippen LogP contribution is 2.38. The van der Waals surface area contributed by atoms with Crippen LogP contribution in [0.1, 0.15) is 6.92 Å². The molecule has 0 fully saturated rings. The van der Waals surface area contributed by atoms with E-state index in [0.29, 0.717) is 45.3 Å². The number of nitrogens with zero attached hydrogens (tertiary/aromatic N) is 2. The van der Waals surface area contributed by atoms with Crippen molar-refractivity contribution in [2.75, 3.05) is 38.1 Å². The second-order valence-corrected chi connectivity index (χ2v) is 7.77. The van der Waals surface area contributed by atoms with Crippen LogP contribution in [0.25, 0.3) is 10.9 Å². The highest BCUT2D eigenvalue weighted by molar-refractivity contribution is 6.02. The van der Waals surface area contributed by atoms with Crippen LogP contribution in [-0.4, -0.2) is 38.9 Å². The Labute approximate surface area is 212 Å². The van der Waals surface area contributed by atoms with E-state index in [9.17, 15) is 13.6 Å². The van der Waals surface area contributed by atoms with Crippen molar-refractivity contribution >= 4 is 28.3 Å². The Morgan fingerprint density at radius 3 is 2.27 bits per heavy atom. The van der Waals surface area contributed by atoms with Crippen molar-refractivity contribution in [3.63, 3.8) is 0 Å². The van der Waals surface area contributed by atoms with Crippen molar-refractivity contribution in [3.8, 4) is 28.7 Å². The molecule has 0 radical (unpaired) electrons. The van der Waals surface area contributed by atoms with E-state index in [4.69, 9.17) is 18.9 Å². The van der Waals surface area contributed by atoms with E-state index in [2.05, 4.69) is 10.3 Å². The summed E-state index contributed by atoms with van der Waals surface area (Å²) >= 11 is 0. The van der Waals surface area contributed by atoms with Crippen molar-refractivity contribution in [1.29, 1.82) is 0 Å². The molecule has 0 aliphatic carbocycles. The first kappa shape index (κ1) is 25.5. The summed E-state index contributed by atoms with van der Waals surface area (Å²) in [6.07, 6.45) is 1.62. The lowest BCUT2D eigenvalue weighted by Crippen LogP contribution is -2.35. The maximum absolute atomic E-state index is 13.7. The molecule has 1 aromatic heterocycles. The summed E-state index contributed by atoms with van der Waals surface area (Å²) < 4.78 is 49.3. The van der Waals surface area contributed by atoms with Crippen LogP contribution in [-0.2, 0) is 0 Å². The first-order chi connectivity index (χ1) is 17.9. The van der Waals surface area contributed by atoms with Crippen LogP contribution in [0.3, 0.4) is 0 Å². The van der Waals surface area contributed by atoms with E-state index in [1.807, 2.05) is 0 Å². The normalized spacial score (nSPS) is 10.6. The van der Waals surface area contributed by atoms with E-state index >= 15 is 0 Å². The van der Waals surface area contributed by atoms with Crippen LogP contribution in [0, 0.1) is 11.6 Å². The van der Waals surface area contributed by atoms with Gasteiger partial charge in [-0.25, -0.2) is 13.6 Å². The van der Waals surface area contributed by atoms with Gasteiger partial charge in [0.15, 0.2) is 23.1 Å². The predicted octanol–water partition coefficient (Wildman–Crippen LogP) is 6.39. The number of aromatic nitrogens is 1. The number of carbonyl (C=O) groups excluding carboxylic acids is 1. The number of amides is 2. The first-order valence-corrected chi connectivity index (χ1v) is 11.3. The molecule has 3 aromatic carbocycles. The molecule has 0 aliphatic heterocycles. The van der Waals surface area contributed by atoms with Gasteiger partial charge in [-0.05, 0) is 43.3 Å². The molecule has 4 aromatic rings. The Hall–Kier alpha value is -4.60. The number of halogens is 2. The quantitative estimate of drug-likeness (QED) is 0.296. The van der Waals surface area contributed by atoms with E-state index in [1.165, 1.54) is 18.1 Å². The van der Waals surface area contributed by atoms with Gasteiger partial charge in [0.25, 0.3) is 0 Å². The molecule has 0 spiro atoms. The largest absolute Gasteiger partial charge is 0.494 e. The molecule has 0 bridgehead atoms. The Bertz CT molecular complexity index is 1450. The third-order valence-corrected chi connectivity index (χ3v) is 5.63. The van der Waals surface area contributed by atoms with Gasteiger partial charge >= 0.3 is 6.03 Å². The summed E-state index contributed by atoms with van der Waals surface area (Å²) in [5.74, 6) is 0.366. The molecule has 0 unspecified atom stereocenters. The zero-order valence-electron chi connectivity index (χ0n) is 20.7. The summed E-state index contributed by atoms with van der Waals surface area (Å²) in [6, 6.07) is 12.9. The van der Waals surface area contributed by atoms with Crippen LogP contribution in [0.4, 0.5) is 25.0 Å². The molecule has 4 rings (SSSR count). The standard InChI is InChI=1S/C27H25F2N3O5/c1-5-32(16-6-8-19(28)20(29)12-16)27(33)31-21-9-7-17(13-24(21)34-2)37-23-10-11-30-22-15-26(36-4)25(35-3)14-18(22)23/h6-15H,5H2,1-4H3,(H,31,33). The zero-order chi connectivity index (χ0) is 26.5. The highest BCUT2D eigenvalue weighted by atomic mass is 19.2.